The van der Waals surface area contributed by atoms with Gasteiger partial charge in [-0.15, -0.1) is 0 Å². The van der Waals surface area contributed by atoms with Gasteiger partial charge in [0, 0.05) is 18.5 Å². The molecule has 0 aliphatic heterocycles. The van der Waals surface area contributed by atoms with E-state index in [-0.39, 0.29) is 24.7 Å². The Balaban J connectivity index is 2.22. The maximum atomic E-state index is 12.6. The predicted octanol–water partition coefficient (Wildman–Crippen LogP) is 3.16. The molecule has 0 heterocycles. The normalized spacial score (nSPS) is 31.6. The van der Waals surface area contributed by atoms with Crippen molar-refractivity contribution in [1.82, 2.24) is 9.80 Å². The molecule has 0 bridgehead atoms. The summed E-state index contributed by atoms with van der Waals surface area (Å²) in [6.07, 6.45) is 7.81. The average Bonchev–Trinajstić information content (AvgIpc) is 2.62. The van der Waals surface area contributed by atoms with Crippen molar-refractivity contribution in [1.29, 1.82) is 0 Å². The lowest BCUT2D eigenvalue weighted by Gasteiger charge is -2.49. The molecule has 2 N–H and O–H groups in total. The Bertz CT molecular complexity index is 476. The van der Waals surface area contributed by atoms with E-state index in [0.29, 0.717) is 12.1 Å². The van der Waals surface area contributed by atoms with Crippen LogP contribution >= 0.6 is 0 Å². The first-order chi connectivity index (χ1) is 12.7. The molecule has 0 saturated heterocycles. The Kier molecular flexibility index (Phi) is 7.69. The van der Waals surface area contributed by atoms with Crippen molar-refractivity contribution < 1.29 is 19.8 Å². The zero-order valence-electron chi connectivity index (χ0n) is 17.5. The fourth-order valence-corrected chi connectivity index (χ4v) is 5.73. The van der Waals surface area contributed by atoms with E-state index in [1.807, 2.05) is 0 Å². The zero-order chi connectivity index (χ0) is 20.2. The molecule has 0 aromatic rings. The fourth-order valence-electron chi connectivity index (χ4n) is 5.73. The second-order valence-corrected chi connectivity index (χ2v) is 9.18. The van der Waals surface area contributed by atoms with E-state index in [9.17, 15) is 19.8 Å². The molecule has 2 aliphatic rings. The van der Waals surface area contributed by atoms with E-state index < -0.39 is 17.4 Å². The topological polar surface area (TPSA) is 81.1 Å². The lowest BCUT2D eigenvalue weighted by molar-refractivity contribution is -0.163. The van der Waals surface area contributed by atoms with E-state index in [1.165, 1.54) is 0 Å². The standard InChI is InChI=1S/C21H38N2O4/c1-22(2)17-9-5-15(6-10-17)21(20(26)27,14-13-19(24)25)16-7-11-18(12-8-16)23(3)4/h15-18H,5-14H2,1-4H3,(H,24,25)(H,26,27). The van der Waals surface area contributed by atoms with Crippen LogP contribution in [0, 0.1) is 17.3 Å². The minimum Gasteiger partial charge on any atom is -0.481 e. The second kappa shape index (κ2) is 9.37. The van der Waals surface area contributed by atoms with Gasteiger partial charge in [0.25, 0.3) is 0 Å². The molecule has 0 radical (unpaired) electrons. The van der Waals surface area contributed by atoms with Gasteiger partial charge in [0.15, 0.2) is 0 Å². The van der Waals surface area contributed by atoms with Gasteiger partial charge in [0.1, 0.15) is 0 Å². The first kappa shape index (κ1) is 22.2. The summed E-state index contributed by atoms with van der Waals surface area (Å²) in [5.74, 6) is -1.46. The molecule has 0 unspecified atom stereocenters. The molecule has 6 heteroatoms. The molecule has 0 atom stereocenters. The number of nitrogens with zero attached hydrogens (tertiary/aromatic N) is 2. The van der Waals surface area contributed by atoms with Crippen LogP contribution in [0.2, 0.25) is 0 Å². The Morgan fingerprint density at radius 3 is 1.41 bits per heavy atom. The summed E-state index contributed by atoms with van der Waals surface area (Å²) in [4.78, 5) is 28.4. The van der Waals surface area contributed by atoms with Crippen molar-refractivity contribution in [3.8, 4) is 0 Å². The predicted molar refractivity (Wildman–Crippen MR) is 106 cm³/mol. The monoisotopic (exact) mass is 382 g/mol. The highest BCUT2D eigenvalue weighted by atomic mass is 16.4. The van der Waals surface area contributed by atoms with Crippen molar-refractivity contribution in [2.24, 2.45) is 17.3 Å². The number of hydrogen-bond donors (Lipinski definition) is 2. The van der Waals surface area contributed by atoms with Crippen molar-refractivity contribution in [3.63, 3.8) is 0 Å². The summed E-state index contributed by atoms with van der Waals surface area (Å²) < 4.78 is 0. The number of carboxylic acid groups (broad SMARTS) is 2. The number of carbonyl (C=O) groups is 2. The summed E-state index contributed by atoms with van der Waals surface area (Å²) in [7, 11) is 8.34. The summed E-state index contributed by atoms with van der Waals surface area (Å²) in [6, 6.07) is 1.02. The van der Waals surface area contributed by atoms with Gasteiger partial charge in [0.05, 0.1) is 5.41 Å². The maximum absolute atomic E-state index is 12.6. The molecular formula is C21H38N2O4. The summed E-state index contributed by atoms with van der Waals surface area (Å²) in [5.41, 5.74) is -0.882. The highest BCUT2D eigenvalue weighted by Crippen LogP contribution is 2.52. The van der Waals surface area contributed by atoms with Crippen molar-refractivity contribution in [3.05, 3.63) is 0 Å². The molecule has 6 nitrogen and oxygen atoms in total. The molecular weight excluding hydrogens is 344 g/mol. The van der Waals surface area contributed by atoms with Crippen LogP contribution in [0.15, 0.2) is 0 Å². The molecule has 0 aromatic heterocycles. The smallest absolute Gasteiger partial charge is 0.310 e. The van der Waals surface area contributed by atoms with Gasteiger partial charge in [0.2, 0.25) is 0 Å². The first-order valence-corrected chi connectivity index (χ1v) is 10.5. The Hall–Kier alpha value is -1.14. The first-order valence-electron chi connectivity index (χ1n) is 10.5. The highest BCUT2D eigenvalue weighted by molar-refractivity contribution is 5.77. The molecule has 27 heavy (non-hydrogen) atoms. The number of aliphatic carboxylic acids is 2. The molecule has 0 amide bonds. The van der Waals surface area contributed by atoms with Gasteiger partial charge in [-0.3, -0.25) is 9.59 Å². The van der Waals surface area contributed by atoms with Gasteiger partial charge in [-0.05, 0) is 97.8 Å². The Labute approximate surface area is 163 Å². The van der Waals surface area contributed by atoms with E-state index in [2.05, 4.69) is 38.0 Å². The summed E-state index contributed by atoms with van der Waals surface area (Å²) in [5, 5.41) is 19.7. The average molecular weight is 383 g/mol. The van der Waals surface area contributed by atoms with Crippen LogP contribution in [0.5, 0.6) is 0 Å². The summed E-state index contributed by atoms with van der Waals surface area (Å²) in [6.45, 7) is 0. The SMILES string of the molecule is CN(C)C1CCC(C(CCC(=O)O)(C(=O)O)C2CCC(N(C)C)CC2)CC1. The van der Waals surface area contributed by atoms with Crippen LogP contribution in [0.1, 0.15) is 64.2 Å². The van der Waals surface area contributed by atoms with Gasteiger partial charge in [-0.25, -0.2) is 0 Å². The third kappa shape index (κ3) is 5.02. The molecule has 2 fully saturated rings. The Morgan fingerprint density at radius 1 is 0.778 bits per heavy atom. The van der Waals surface area contributed by atoms with E-state index in [0.717, 1.165) is 51.4 Å². The molecule has 2 rings (SSSR count). The highest BCUT2D eigenvalue weighted by Gasteiger charge is 2.52. The van der Waals surface area contributed by atoms with Crippen LogP contribution in [-0.2, 0) is 9.59 Å². The minimum absolute atomic E-state index is 0.0481. The van der Waals surface area contributed by atoms with Crippen molar-refractivity contribution >= 4 is 11.9 Å². The summed E-state index contributed by atoms with van der Waals surface area (Å²) >= 11 is 0. The largest absolute Gasteiger partial charge is 0.481 e. The molecule has 156 valence electrons. The fraction of sp³-hybridized carbons (Fsp3) is 0.905. The van der Waals surface area contributed by atoms with Crippen LogP contribution in [-0.4, -0.2) is 72.2 Å². The van der Waals surface area contributed by atoms with Gasteiger partial charge >= 0.3 is 11.9 Å². The second-order valence-electron chi connectivity index (χ2n) is 9.18. The van der Waals surface area contributed by atoms with Crippen LogP contribution in [0.25, 0.3) is 0 Å². The third-order valence-electron chi connectivity index (χ3n) is 7.46. The molecule has 2 saturated carbocycles. The maximum Gasteiger partial charge on any atom is 0.310 e. The lowest BCUT2D eigenvalue weighted by Crippen LogP contribution is -2.50. The van der Waals surface area contributed by atoms with Crippen LogP contribution in [0.4, 0.5) is 0 Å². The lowest BCUT2D eigenvalue weighted by atomic mass is 9.56. The quantitative estimate of drug-likeness (QED) is 0.671. The minimum atomic E-state index is -0.885. The van der Waals surface area contributed by atoms with E-state index >= 15 is 0 Å². The number of rotatable bonds is 8. The van der Waals surface area contributed by atoms with E-state index in [1.54, 1.807) is 0 Å². The van der Waals surface area contributed by atoms with Crippen LogP contribution in [0.3, 0.4) is 0 Å². The van der Waals surface area contributed by atoms with Gasteiger partial charge in [-0.1, -0.05) is 0 Å². The molecule has 0 spiro atoms. The molecule has 2 aliphatic carbocycles. The number of carboxylic acids is 2. The van der Waals surface area contributed by atoms with E-state index in [4.69, 9.17) is 0 Å². The Morgan fingerprint density at radius 2 is 1.15 bits per heavy atom. The number of hydrogen-bond acceptors (Lipinski definition) is 4. The van der Waals surface area contributed by atoms with Crippen LogP contribution < -0.4 is 0 Å². The van der Waals surface area contributed by atoms with Gasteiger partial charge < -0.3 is 20.0 Å². The van der Waals surface area contributed by atoms with Gasteiger partial charge in [-0.2, -0.15) is 0 Å². The van der Waals surface area contributed by atoms with Crippen molar-refractivity contribution in [2.75, 3.05) is 28.2 Å². The van der Waals surface area contributed by atoms with Crippen molar-refractivity contribution in [2.45, 2.75) is 76.3 Å². The third-order valence-corrected chi connectivity index (χ3v) is 7.46. The molecule has 0 aromatic carbocycles. The zero-order valence-corrected chi connectivity index (χ0v) is 17.5.